The van der Waals surface area contributed by atoms with E-state index in [4.69, 9.17) is 0 Å². The predicted molar refractivity (Wildman–Crippen MR) is 90.4 cm³/mol. The molecule has 21 heavy (non-hydrogen) atoms. The van der Waals surface area contributed by atoms with E-state index in [0.717, 1.165) is 24.8 Å². The van der Waals surface area contributed by atoms with E-state index in [-0.39, 0.29) is 6.10 Å². The Labute approximate surface area is 132 Å². The van der Waals surface area contributed by atoms with Crippen LogP contribution in [0.15, 0.2) is 0 Å². The molecule has 1 aliphatic carbocycles. The lowest BCUT2D eigenvalue weighted by atomic mass is 9.68. The van der Waals surface area contributed by atoms with Gasteiger partial charge in [0.2, 0.25) is 0 Å². The van der Waals surface area contributed by atoms with Crippen LogP contribution >= 0.6 is 0 Å². The van der Waals surface area contributed by atoms with Crippen molar-refractivity contribution < 1.29 is 5.11 Å². The van der Waals surface area contributed by atoms with Crippen molar-refractivity contribution in [1.29, 1.82) is 0 Å². The second kappa shape index (κ2) is 7.46. The molecular weight excluding hydrogens is 258 g/mol. The highest BCUT2D eigenvalue weighted by Gasteiger charge is 2.36. The van der Waals surface area contributed by atoms with Crippen LogP contribution in [0.1, 0.15) is 72.6 Å². The maximum absolute atomic E-state index is 10.4. The Morgan fingerprint density at radius 3 is 2.29 bits per heavy atom. The van der Waals surface area contributed by atoms with Gasteiger partial charge in [-0.25, -0.2) is 0 Å². The summed E-state index contributed by atoms with van der Waals surface area (Å²) < 4.78 is 0. The molecule has 124 valence electrons. The monoisotopic (exact) mass is 295 g/mol. The van der Waals surface area contributed by atoms with Gasteiger partial charge in [-0.1, -0.05) is 40.5 Å². The third-order valence-electron chi connectivity index (χ3n) is 6.06. The minimum Gasteiger partial charge on any atom is -0.393 e. The van der Waals surface area contributed by atoms with Crippen LogP contribution in [0.4, 0.5) is 0 Å². The first-order valence-corrected chi connectivity index (χ1v) is 9.30. The zero-order valence-corrected chi connectivity index (χ0v) is 14.8. The summed E-state index contributed by atoms with van der Waals surface area (Å²) in [5, 5.41) is 10.4. The number of aliphatic hydroxyl groups is 1. The van der Waals surface area contributed by atoms with Gasteiger partial charge in [0.25, 0.3) is 0 Å². The second-order valence-corrected chi connectivity index (χ2v) is 8.74. The number of likely N-dealkylation sites (tertiary alicyclic amines) is 1. The Kier molecular flexibility index (Phi) is 6.14. The average Bonchev–Trinajstić information content (AvgIpc) is 2.42. The van der Waals surface area contributed by atoms with Crippen LogP contribution in [0.2, 0.25) is 0 Å². The molecule has 1 N–H and O–H groups in total. The fourth-order valence-corrected chi connectivity index (χ4v) is 4.43. The van der Waals surface area contributed by atoms with Crippen LogP contribution in [0.25, 0.3) is 0 Å². The van der Waals surface area contributed by atoms with E-state index in [1.807, 2.05) is 0 Å². The number of hydrogen-bond acceptors (Lipinski definition) is 2. The van der Waals surface area contributed by atoms with Gasteiger partial charge in [0.1, 0.15) is 0 Å². The van der Waals surface area contributed by atoms with Crippen molar-refractivity contribution in [3.63, 3.8) is 0 Å². The van der Waals surface area contributed by atoms with Gasteiger partial charge in [0.15, 0.2) is 0 Å². The van der Waals surface area contributed by atoms with Gasteiger partial charge >= 0.3 is 0 Å². The quantitative estimate of drug-likeness (QED) is 0.835. The van der Waals surface area contributed by atoms with Gasteiger partial charge in [0, 0.05) is 6.54 Å². The lowest BCUT2D eigenvalue weighted by molar-refractivity contribution is -0.00151. The molecule has 1 heterocycles. The molecule has 2 rings (SSSR count). The van der Waals surface area contributed by atoms with Crippen molar-refractivity contribution in [2.75, 3.05) is 19.6 Å². The van der Waals surface area contributed by atoms with Crippen LogP contribution < -0.4 is 0 Å². The van der Waals surface area contributed by atoms with E-state index in [0.29, 0.717) is 11.3 Å². The Bertz CT molecular complexity index is 301. The predicted octanol–water partition coefficient (Wildman–Crippen LogP) is 4.32. The van der Waals surface area contributed by atoms with Crippen molar-refractivity contribution >= 4 is 0 Å². The molecule has 0 bridgehead atoms. The number of rotatable bonds is 4. The van der Waals surface area contributed by atoms with Crippen molar-refractivity contribution in [1.82, 2.24) is 4.90 Å². The second-order valence-electron chi connectivity index (χ2n) is 8.74. The number of aliphatic hydroxyl groups excluding tert-OH is 1. The molecule has 1 saturated carbocycles. The largest absolute Gasteiger partial charge is 0.393 e. The normalized spacial score (nSPS) is 33.3. The molecule has 0 aromatic heterocycles. The summed E-state index contributed by atoms with van der Waals surface area (Å²) in [6.07, 6.45) is 8.87. The van der Waals surface area contributed by atoms with Crippen LogP contribution in [0.5, 0.6) is 0 Å². The SMILES string of the molecule is CCCC1CCN(CC2CC(C(C)(C)C)CCC2O)CC1. The molecular formula is C19H37NO. The third-order valence-corrected chi connectivity index (χ3v) is 6.06. The summed E-state index contributed by atoms with van der Waals surface area (Å²) in [6, 6.07) is 0. The van der Waals surface area contributed by atoms with E-state index in [1.54, 1.807) is 0 Å². The smallest absolute Gasteiger partial charge is 0.0580 e. The van der Waals surface area contributed by atoms with Gasteiger partial charge in [0.05, 0.1) is 6.10 Å². The summed E-state index contributed by atoms with van der Waals surface area (Å²) in [4.78, 5) is 2.63. The van der Waals surface area contributed by atoms with Crippen LogP contribution in [0.3, 0.4) is 0 Å². The molecule has 0 aromatic rings. The average molecular weight is 296 g/mol. The zero-order valence-electron chi connectivity index (χ0n) is 14.8. The fourth-order valence-electron chi connectivity index (χ4n) is 4.43. The van der Waals surface area contributed by atoms with Gasteiger partial charge in [-0.3, -0.25) is 0 Å². The minimum atomic E-state index is -0.0584. The Hall–Kier alpha value is -0.0800. The number of nitrogens with zero attached hydrogens (tertiary/aromatic N) is 1. The van der Waals surface area contributed by atoms with E-state index >= 15 is 0 Å². The van der Waals surface area contributed by atoms with Crippen LogP contribution in [0, 0.1) is 23.2 Å². The molecule has 3 unspecified atom stereocenters. The lowest BCUT2D eigenvalue weighted by Crippen LogP contribution is -2.43. The van der Waals surface area contributed by atoms with E-state index in [2.05, 4.69) is 32.6 Å². The highest BCUT2D eigenvalue weighted by Crippen LogP contribution is 2.40. The summed E-state index contributed by atoms with van der Waals surface area (Å²) in [5.74, 6) is 2.25. The third kappa shape index (κ3) is 4.96. The van der Waals surface area contributed by atoms with E-state index in [9.17, 15) is 5.11 Å². The standard InChI is InChI=1S/C19H37NO/c1-5-6-15-9-11-20(12-10-15)14-16-13-17(19(2,3)4)7-8-18(16)21/h15-18,21H,5-14H2,1-4H3. The highest BCUT2D eigenvalue weighted by molar-refractivity contribution is 4.87. The Morgan fingerprint density at radius 2 is 1.71 bits per heavy atom. The molecule has 0 radical (unpaired) electrons. The first-order chi connectivity index (χ1) is 9.90. The summed E-state index contributed by atoms with van der Waals surface area (Å²) in [6.45, 7) is 13.0. The van der Waals surface area contributed by atoms with Crippen molar-refractivity contribution in [2.45, 2.75) is 78.7 Å². The lowest BCUT2D eigenvalue weighted by Gasteiger charge is -2.42. The number of hydrogen-bond donors (Lipinski definition) is 1. The van der Waals surface area contributed by atoms with Crippen molar-refractivity contribution in [2.24, 2.45) is 23.2 Å². The van der Waals surface area contributed by atoms with Gasteiger partial charge in [-0.15, -0.1) is 0 Å². The highest BCUT2D eigenvalue weighted by atomic mass is 16.3. The molecule has 2 heteroatoms. The topological polar surface area (TPSA) is 23.5 Å². The summed E-state index contributed by atoms with van der Waals surface area (Å²) in [7, 11) is 0. The van der Waals surface area contributed by atoms with Gasteiger partial charge in [-0.2, -0.15) is 0 Å². The first kappa shape index (κ1) is 17.3. The minimum absolute atomic E-state index is 0.0584. The number of piperidine rings is 1. The molecule has 0 aromatic carbocycles. The zero-order chi connectivity index (χ0) is 15.5. The Balaban J connectivity index is 1.81. The molecule has 2 aliphatic rings. The van der Waals surface area contributed by atoms with E-state index < -0.39 is 0 Å². The Morgan fingerprint density at radius 1 is 1.05 bits per heavy atom. The summed E-state index contributed by atoms with van der Waals surface area (Å²) >= 11 is 0. The molecule has 0 spiro atoms. The van der Waals surface area contributed by atoms with Gasteiger partial charge in [-0.05, 0) is 68.4 Å². The van der Waals surface area contributed by atoms with E-state index in [1.165, 1.54) is 51.6 Å². The summed E-state index contributed by atoms with van der Waals surface area (Å²) in [5.41, 5.74) is 0.395. The van der Waals surface area contributed by atoms with Crippen LogP contribution in [-0.2, 0) is 0 Å². The van der Waals surface area contributed by atoms with Crippen molar-refractivity contribution in [3.8, 4) is 0 Å². The first-order valence-electron chi connectivity index (χ1n) is 9.30. The van der Waals surface area contributed by atoms with Crippen LogP contribution in [-0.4, -0.2) is 35.7 Å². The molecule has 2 fully saturated rings. The maximum atomic E-state index is 10.4. The molecule has 3 atom stereocenters. The maximum Gasteiger partial charge on any atom is 0.0580 e. The molecule has 1 saturated heterocycles. The van der Waals surface area contributed by atoms with Gasteiger partial charge < -0.3 is 10.0 Å². The molecule has 0 amide bonds. The molecule has 2 nitrogen and oxygen atoms in total. The fraction of sp³-hybridized carbons (Fsp3) is 1.00. The van der Waals surface area contributed by atoms with Crippen molar-refractivity contribution in [3.05, 3.63) is 0 Å². The molecule has 1 aliphatic heterocycles.